The summed E-state index contributed by atoms with van der Waals surface area (Å²) in [6, 6.07) is 57.0. The summed E-state index contributed by atoms with van der Waals surface area (Å²) in [5.74, 6) is 0. The number of nitrogens with zero attached hydrogens (tertiary/aromatic N) is 1. The second kappa shape index (κ2) is 9.72. The molecule has 0 amide bonds. The predicted octanol–water partition coefficient (Wildman–Crippen LogP) is 9.93. The lowest BCUT2D eigenvalue weighted by Gasteiger charge is -2.37. The number of fused-ring (bicyclic) bond motifs is 3. The van der Waals surface area contributed by atoms with Gasteiger partial charge in [0.15, 0.2) is 0 Å². The monoisotopic (exact) mass is 563 g/mol. The summed E-state index contributed by atoms with van der Waals surface area (Å²) in [5.41, 5.74) is 8.05. The van der Waals surface area contributed by atoms with E-state index in [4.69, 9.17) is 0 Å². The molecule has 0 N–H and O–H groups in total. The maximum atomic E-state index is 3.74. The van der Waals surface area contributed by atoms with Gasteiger partial charge >= 0.3 is 0 Å². The first kappa shape index (κ1) is 23.7. The van der Waals surface area contributed by atoms with E-state index >= 15 is 0 Å². The van der Waals surface area contributed by atoms with E-state index in [0.717, 1.165) is 10.2 Å². The van der Waals surface area contributed by atoms with Gasteiger partial charge in [-0.25, -0.2) is 0 Å². The van der Waals surface area contributed by atoms with Crippen molar-refractivity contribution in [3.8, 4) is 5.69 Å². The van der Waals surface area contributed by atoms with Crippen molar-refractivity contribution in [3.05, 3.63) is 184 Å². The molecule has 0 aliphatic heterocycles. The van der Waals surface area contributed by atoms with Gasteiger partial charge in [0.25, 0.3) is 0 Å². The Bertz CT molecular complexity index is 1790. The molecule has 0 unspecified atom stereocenters. The largest absolute Gasteiger partial charge is 0.309 e. The number of hydrogen-bond acceptors (Lipinski definition) is 0. The van der Waals surface area contributed by atoms with Gasteiger partial charge in [-0.05, 0) is 64.7 Å². The smallest absolute Gasteiger partial charge is 0.0701 e. The van der Waals surface area contributed by atoms with Crippen molar-refractivity contribution in [1.29, 1.82) is 0 Å². The van der Waals surface area contributed by atoms with Crippen LogP contribution in [0.25, 0.3) is 27.5 Å². The van der Waals surface area contributed by atoms with Crippen LogP contribution in [0.4, 0.5) is 0 Å². The van der Waals surface area contributed by atoms with Crippen LogP contribution in [0.5, 0.6) is 0 Å². The van der Waals surface area contributed by atoms with Gasteiger partial charge < -0.3 is 4.57 Å². The molecule has 0 aliphatic rings. The topological polar surface area (TPSA) is 4.93 Å². The van der Waals surface area contributed by atoms with E-state index in [1.807, 2.05) is 0 Å². The van der Waals surface area contributed by atoms with Gasteiger partial charge in [0.2, 0.25) is 0 Å². The van der Waals surface area contributed by atoms with Crippen LogP contribution in [0.2, 0.25) is 0 Å². The summed E-state index contributed by atoms with van der Waals surface area (Å²) in [6.07, 6.45) is 0. The van der Waals surface area contributed by atoms with Crippen LogP contribution in [-0.2, 0) is 5.41 Å². The van der Waals surface area contributed by atoms with E-state index in [1.165, 1.54) is 44.1 Å². The summed E-state index contributed by atoms with van der Waals surface area (Å²) in [7, 11) is 0. The molecule has 1 heterocycles. The Hall–Kier alpha value is -4.40. The second-order valence-electron chi connectivity index (χ2n) is 9.91. The SMILES string of the molecule is Brc1ccc2c(c1)c1cc(C(c3ccccc3)(c3ccccc3)c3ccccc3)ccc1n2-c1ccccc1. The minimum atomic E-state index is -0.481. The Morgan fingerprint density at radius 2 is 0.846 bits per heavy atom. The molecular formula is C37H26BrN. The molecule has 186 valence electrons. The van der Waals surface area contributed by atoms with Crippen LogP contribution in [0.3, 0.4) is 0 Å². The molecule has 0 saturated heterocycles. The first-order valence-corrected chi connectivity index (χ1v) is 14.0. The number of halogens is 1. The maximum absolute atomic E-state index is 3.74. The number of benzene rings is 6. The Balaban J connectivity index is 1.62. The summed E-state index contributed by atoms with van der Waals surface area (Å²) in [6.45, 7) is 0. The Kier molecular flexibility index (Phi) is 5.91. The van der Waals surface area contributed by atoms with Crippen LogP contribution in [-0.4, -0.2) is 4.57 Å². The molecule has 7 rings (SSSR count). The molecule has 7 aromatic rings. The molecule has 2 heteroatoms. The van der Waals surface area contributed by atoms with Crippen LogP contribution >= 0.6 is 15.9 Å². The summed E-state index contributed by atoms with van der Waals surface area (Å²) in [4.78, 5) is 0. The lowest BCUT2D eigenvalue weighted by molar-refractivity contribution is 0.746. The molecule has 0 bridgehead atoms. The third-order valence-corrected chi connectivity index (χ3v) is 8.29. The fraction of sp³-hybridized carbons (Fsp3) is 0.0270. The third kappa shape index (κ3) is 3.83. The van der Waals surface area contributed by atoms with Crippen LogP contribution in [0.1, 0.15) is 22.3 Å². The quantitative estimate of drug-likeness (QED) is 0.183. The summed E-state index contributed by atoms with van der Waals surface area (Å²) < 4.78 is 3.45. The highest BCUT2D eigenvalue weighted by Gasteiger charge is 2.38. The zero-order valence-corrected chi connectivity index (χ0v) is 22.9. The van der Waals surface area contributed by atoms with E-state index in [-0.39, 0.29) is 0 Å². The predicted molar refractivity (Wildman–Crippen MR) is 167 cm³/mol. The molecular weight excluding hydrogens is 538 g/mol. The van der Waals surface area contributed by atoms with Crippen molar-refractivity contribution in [2.45, 2.75) is 5.41 Å². The number of rotatable bonds is 5. The highest BCUT2D eigenvalue weighted by atomic mass is 79.9. The fourth-order valence-electron chi connectivity index (χ4n) is 6.15. The normalized spacial score (nSPS) is 11.7. The van der Waals surface area contributed by atoms with Crippen molar-refractivity contribution in [2.75, 3.05) is 0 Å². The van der Waals surface area contributed by atoms with Crippen LogP contribution in [0.15, 0.2) is 162 Å². The van der Waals surface area contributed by atoms with Gasteiger partial charge in [-0.3, -0.25) is 0 Å². The zero-order chi connectivity index (χ0) is 26.2. The lowest BCUT2D eigenvalue weighted by atomic mass is 9.65. The average molecular weight is 565 g/mol. The molecule has 0 aliphatic carbocycles. The Morgan fingerprint density at radius 1 is 0.410 bits per heavy atom. The molecule has 6 aromatic carbocycles. The first-order valence-electron chi connectivity index (χ1n) is 13.2. The van der Waals surface area contributed by atoms with Crippen molar-refractivity contribution in [3.63, 3.8) is 0 Å². The standard InChI is InChI=1S/C37H26BrN/c38-31-22-24-36-34(26-31)33-25-30(21-23-35(33)39(36)32-19-11-4-12-20-32)37(27-13-5-1-6-14-27,28-15-7-2-8-16-28)29-17-9-3-10-18-29/h1-26H. The number of hydrogen-bond donors (Lipinski definition) is 0. The van der Waals surface area contributed by atoms with Crippen molar-refractivity contribution >= 4 is 37.7 Å². The van der Waals surface area contributed by atoms with Crippen LogP contribution < -0.4 is 0 Å². The fourth-order valence-corrected chi connectivity index (χ4v) is 6.51. The molecule has 1 aromatic heterocycles. The molecule has 0 fully saturated rings. The molecule has 0 spiro atoms. The second-order valence-corrected chi connectivity index (χ2v) is 10.8. The molecule has 0 atom stereocenters. The van der Waals surface area contributed by atoms with Gasteiger partial charge in [0.05, 0.1) is 16.4 Å². The molecule has 1 nitrogen and oxygen atoms in total. The van der Waals surface area contributed by atoms with E-state index in [2.05, 4.69) is 178 Å². The first-order chi connectivity index (χ1) is 19.3. The highest BCUT2D eigenvalue weighted by Crippen LogP contribution is 2.46. The molecule has 0 saturated carbocycles. The minimum Gasteiger partial charge on any atom is -0.309 e. The average Bonchev–Trinajstić information content (AvgIpc) is 3.33. The van der Waals surface area contributed by atoms with Crippen molar-refractivity contribution in [1.82, 2.24) is 4.57 Å². The number of para-hydroxylation sites is 1. The van der Waals surface area contributed by atoms with Crippen molar-refractivity contribution in [2.24, 2.45) is 0 Å². The van der Waals surface area contributed by atoms with Gasteiger partial charge in [-0.1, -0.05) is 131 Å². The summed E-state index contributed by atoms with van der Waals surface area (Å²) in [5, 5.41) is 2.47. The van der Waals surface area contributed by atoms with Gasteiger partial charge in [-0.2, -0.15) is 0 Å². The van der Waals surface area contributed by atoms with E-state index in [0.29, 0.717) is 0 Å². The van der Waals surface area contributed by atoms with Crippen LogP contribution in [0, 0.1) is 0 Å². The highest BCUT2D eigenvalue weighted by molar-refractivity contribution is 9.10. The lowest BCUT2D eigenvalue weighted by Crippen LogP contribution is -2.30. The number of aromatic nitrogens is 1. The third-order valence-electron chi connectivity index (χ3n) is 7.79. The molecule has 39 heavy (non-hydrogen) atoms. The minimum absolute atomic E-state index is 0.481. The zero-order valence-electron chi connectivity index (χ0n) is 21.3. The summed E-state index contributed by atoms with van der Waals surface area (Å²) >= 11 is 3.74. The Labute approximate surface area is 237 Å². The maximum Gasteiger partial charge on any atom is 0.0701 e. The molecule has 0 radical (unpaired) electrons. The van der Waals surface area contributed by atoms with Crippen molar-refractivity contribution < 1.29 is 0 Å². The Morgan fingerprint density at radius 3 is 1.36 bits per heavy atom. The van der Waals surface area contributed by atoms with E-state index in [9.17, 15) is 0 Å². The van der Waals surface area contributed by atoms with Gasteiger partial charge in [-0.15, -0.1) is 0 Å². The van der Waals surface area contributed by atoms with E-state index in [1.54, 1.807) is 0 Å². The van der Waals surface area contributed by atoms with E-state index < -0.39 is 5.41 Å². The van der Waals surface area contributed by atoms with Gasteiger partial charge in [0.1, 0.15) is 0 Å². The van der Waals surface area contributed by atoms with Gasteiger partial charge in [0, 0.05) is 20.9 Å².